The molecule has 1 aliphatic rings. The average molecular weight is 312 g/mol. The van der Waals surface area contributed by atoms with Crippen molar-refractivity contribution in [3.8, 4) is 12.3 Å². The molecule has 1 fully saturated rings. The van der Waals surface area contributed by atoms with Crippen molar-refractivity contribution in [3.05, 3.63) is 0 Å². The Bertz CT molecular complexity index is 427. The summed E-state index contributed by atoms with van der Waals surface area (Å²) in [7, 11) is 0. The van der Waals surface area contributed by atoms with E-state index in [0.717, 1.165) is 0 Å². The molecule has 5 atom stereocenters. The number of hydrogen-bond donors (Lipinski definition) is 0. The Kier molecular flexibility index (Phi) is 7.36. The van der Waals surface area contributed by atoms with Crippen molar-refractivity contribution in [2.24, 2.45) is 11.8 Å². The molecule has 0 aromatic heterocycles. The molecule has 0 aromatic rings. The van der Waals surface area contributed by atoms with Gasteiger partial charge < -0.3 is 18.9 Å². The highest BCUT2D eigenvalue weighted by molar-refractivity contribution is 5.66. The summed E-state index contributed by atoms with van der Waals surface area (Å²) < 4.78 is 21.8. The van der Waals surface area contributed by atoms with Crippen molar-refractivity contribution < 1.29 is 28.5 Å². The van der Waals surface area contributed by atoms with Gasteiger partial charge in [0.2, 0.25) is 6.29 Å². The molecule has 6 nitrogen and oxygen atoms in total. The maximum atomic E-state index is 11.3. The first-order chi connectivity index (χ1) is 10.4. The standard InChI is InChI=1S/C16H24O6/c1-6-7-8-19-9-14-15(20-12(4)17)10(2)11(3)16(22-14)21-13(5)18/h1,10-11,14-16H,7-9H2,2-5H3/t10-,11-,14-,15-,16-/m1/s1. The van der Waals surface area contributed by atoms with E-state index in [9.17, 15) is 9.59 Å². The predicted molar refractivity (Wildman–Crippen MR) is 78.6 cm³/mol. The molecule has 22 heavy (non-hydrogen) atoms. The van der Waals surface area contributed by atoms with Crippen LogP contribution in [0.4, 0.5) is 0 Å². The fourth-order valence-electron chi connectivity index (χ4n) is 2.40. The zero-order valence-corrected chi connectivity index (χ0v) is 13.5. The zero-order valence-electron chi connectivity index (χ0n) is 13.5. The maximum absolute atomic E-state index is 11.3. The van der Waals surface area contributed by atoms with Crippen LogP contribution in [0.3, 0.4) is 0 Å². The molecular formula is C16H24O6. The van der Waals surface area contributed by atoms with Crippen LogP contribution in [-0.4, -0.2) is 43.7 Å². The van der Waals surface area contributed by atoms with Crippen molar-refractivity contribution >= 4 is 11.9 Å². The van der Waals surface area contributed by atoms with Crippen LogP contribution in [0.15, 0.2) is 0 Å². The van der Waals surface area contributed by atoms with Gasteiger partial charge in [-0.15, -0.1) is 12.3 Å². The van der Waals surface area contributed by atoms with E-state index >= 15 is 0 Å². The van der Waals surface area contributed by atoms with Crippen LogP contribution in [-0.2, 0) is 28.5 Å². The second-order valence-electron chi connectivity index (χ2n) is 5.47. The molecule has 0 spiro atoms. The van der Waals surface area contributed by atoms with Crippen LogP contribution in [0.25, 0.3) is 0 Å². The molecule has 0 bridgehead atoms. The molecule has 1 rings (SSSR count). The van der Waals surface area contributed by atoms with E-state index in [-0.39, 0.29) is 24.4 Å². The zero-order chi connectivity index (χ0) is 16.7. The number of hydrogen-bond acceptors (Lipinski definition) is 6. The average Bonchev–Trinajstić information content (AvgIpc) is 2.43. The van der Waals surface area contributed by atoms with E-state index < -0.39 is 24.5 Å². The van der Waals surface area contributed by atoms with E-state index in [1.165, 1.54) is 13.8 Å². The van der Waals surface area contributed by atoms with Gasteiger partial charge in [0.25, 0.3) is 0 Å². The van der Waals surface area contributed by atoms with Crippen molar-refractivity contribution in [2.75, 3.05) is 13.2 Å². The molecule has 124 valence electrons. The van der Waals surface area contributed by atoms with Crippen LogP contribution in [0.2, 0.25) is 0 Å². The van der Waals surface area contributed by atoms with Gasteiger partial charge in [-0.05, 0) is 0 Å². The molecule has 6 heteroatoms. The Hall–Kier alpha value is -1.58. The Labute approximate surface area is 131 Å². The Balaban J connectivity index is 2.76. The second-order valence-corrected chi connectivity index (χ2v) is 5.47. The summed E-state index contributed by atoms with van der Waals surface area (Å²) >= 11 is 0. The van der Waals surface area contributed by atoms with E-state index in [4.69, 9.17) is 25.4 Å². The minimum atomic E-state index is -0.680. The van der Waals surface area contributed by atoms with Crippen molar-refractivity contribution in [1.29, 1.82) is 0 Å². The maximum Gasteiger partial charge on any atom is 0.304 e. The molecule has 0 saturated carbocycles. The molecule has 0 unspecified atom stereocenters. The summed E-state index contributed by atoms with van der Waals surface area (Å²) in [5.74, 6) is 1.54. The number of carbonyl (C=O) groups is 2. The first-order valence-corrected chi connectivity index (χ1v) is 7.38. The topological polar surface area (TPSA) is 71.1 Å². The minimum Gasteiger partial charge on any atom is -0.459 e. The Morgan fingerprint density at radius 1 is 1.14 bits per heavy atom. The lowest BCUT2D eigenvalue weighted by Gasteiger charge is -2.43. The summed E-state index contributed by atoms with van der Waals surface area (Å²) in [6.07, 6.45) is 4.02. The normalized spacial score (nSPS) is 31.1. The van der Waals surface area contributed by atoms with Crippen LogP contribution >= 0.6 is 0 Å². The Morgan fingerprint density at radius 2 is 1.77 bits per heavy atom. The SMILES string of the molecule is C#CCCOC[C@H]1O[C@@H](OC(C)=O)[C@H](C)[C@@H](C)[C@H]1OC(C)=O. The fraction of sp³-hybridized carbons (Fsp3) is 0.750. The van der Waals surface area contributed by atoms with E-state index in [1.807, 2.05) is 13.8 Å². The van der Waals surface area contributed by atoms with Gasteiger partial charge in [0, 0.05) is 32.1 Å². The smallest absolute Gasteiger partial charge is 0.304 e. The van der Waals surface area contributed by atoms with Crippen molar-refractivity contribution in [3.63, 3.8) is 0 Å². The monoisotopic (exact) mass is 312 g/mol. The lowest BCUT2D eigenvalue weighted by Crippen LogP contribution is -2.53. The number of terminal acetylenes is 1. The fourth-order valence-corrected chi connectivity index (χ4v) is 2.40. The van der Waals surface area contributed by atoms with Crippen molar-refractivity contribution in [2.45, 2.75) is 52.6 Å². The third-order valence-electron chi connectivity index (χ3n) is 3.71. The van der Waals surface area contributed by atoms with Gasteiger partial charge in [-0.2, -0.15) is 0 Å². The van der Waals surface area contributed by atoms with E-state index in [2.05, 4.69) is 5.92 Å². The van der Waals surface area contributed by atoms with Gasteiger partial charge in [0.05, 0.1) is 13.2 Å². The highest BCUT2D eigenvalue weighted by Gasteiger charge is 2.44. The molecule has 0 radical (unpaired) electrons. The number of rotatable bonds is 6. The first kappa shape index (κ1) is 18.5. The van der Waals surface area contributed by atoms with Gasteiger partial charge in [0.1, 0.15) is 12.2 Å². The number of carbonyl (C=O) groups excluding carboxylic acids is 2. The predicted octanol–water partition coefficient (Wildman–Crippen LogP) is 1.52. The summed E-state index contributed by atoms with van der Waals surface area (Å²) in [4.78, 5) is 22.5. The minimum absolute atomic E-state index is 0.0387. The molecule has 1 aliphatic heterocycles. The van der Waals surface area contributed by atoms with Gasteiger partial charge in [-0.25, -0.2) is 0 Å². The molecule has 0 amide bonds. The van der Waals surface area contributed by atoms with E-state index in [1.54, 1.807) is 0 Å². The molecule has 1 saturated heterocycles. The van der Waals surface area contributed by atoms with Crippen molar-refractivity contribution in [1.82, 2.24) is 0 Å². The highest BCUT2D eigenvalue weighted by Crippen LogP contribution is 2.33. The van der Waals surface area contributed by atoms with E-state index in [0.29, 0.717) is 13.0 Å². The Morgan fingerprint density at radius 3 is 2.32 bits per heavy atom. The largest absolute Gasteiger partial charge is 0.459 e. The lowest BCUT2D eigenvalue weighted by atomic mass is 9.84. The quantitative estimate of drug-likeness (QED) is 0.421. The van der Waals surface area contributed by atoms with Gasteiger partial charge >= 0.3 is 11.9 Å². The summed E-state index contributed by atoms with van der Waals surface area (Å²) in [5, 5.41) is 0. The third-order valence-corrected chi connectivity index (χ3v) is 3.71. The van der Waals surface area contributed by atoms with Crippen LogP contribution < -0.4 is 0 Å². The van der Waals surface area contributed by atoms with Crippen LogP contribution in [0.1, 0.15) is 34.1 Å². The van der Waals surface area contributed by atoms with Gasteiger partial charge in [0.15, 0.2) is 0 Å². The molecule has 0 N–H and O–H groups in total. The lowest BCUT2D eigenvalue weighted by molar-refractivity contribution is -0.266. The molecule has 1 heterocycles. The summed E-state index contributed by atoms with van der Waals surface area (Å²) in [6, 6.07) is 0. The number of esters is 2. The van der Waals surface area contributed by atoms with Crippen LogP contribution in [0, 0.1) is 24.2 Å². The molecular weight excluding hydrogens is 288 g/mol. The molecule has 0 aliphatic carbocycles. The third kappa shape index (κ3) is 5.32. The summed E-state index contributed by atoms with van der Waals surface area (Å²) in [6.45, 7) is 7.12. The van der Waals surface area contributed by atoms with Gasteiger partial charge in [-0.3, -0.25) is 9.59 Å². The molecule has 0 aromatic carbocycles. The summed E-state index contributed by atoms with van der Waals surface area (Å²) in [5.41, 5.74) is 0. The number of ether oxygens (including phenoxy) is 4. The van der Waals surface area contributed by atoms with Crippen LogP contribution in [0.5, 0.6) is 0 Å². The highest BCUT2D eigenvalue weighted by atomic mass is 16.7. The first-order valence-electron chi connectivity index (χ1n) is 7.38. The second kappa shape index (κ2) is 8.76. The van der Waals surface area contributed by atoms with Gasteiger partial charge in [-0.1, -0.05) is 13.8 Å².